The van der Waals surface area contributed by atoms with Crippen molar-refractivity contribution in [2.45, 2.75) is 271 Å². The number of aliphatic hydroxyl groups excluding tert-OH is 4. The van der Waals surface area contributed by atoms with Crippen LogP contribution in [0.1, 0.15) is 193 Å². The molecule has 3 aliphatic rings. The molecule has 3 fully saturated rings. The number of carboxylic acid groups (broad SMARTS) is 1. The normalized spacial score (nSPS) is 19.0. The van der Waals surface area contributed by atoms with E-state index in [0.29, 0.717) is 89.3 Å². The molecule has 0 saturated carbocycles. The minimum absolute atomic E-state index is 0.00671. The molecule has 142 heavy (non-hydrogen) atoms. The molecule has 2 aromatic heterocycles. The first kappa shape index (κ1) is 117. The van der Waals surface area contributed by atoms with Crippen LogP contribution < -0.4 is 26.0 Å². The number of alkyl carbamates (subject to hydrolysis) is 1. The van der Waals surface area contributed by atoms with E-state index < -0.39 is 103 Å². The number of ether oxygens (including phenoxy) is 8. The van der Waals surface area contributed by atoms with E-state index in [1.165, 1.54) is 17.0 Å². The molecule has 0 aliphatic carbocycles. The summed E-state index contributed by atoms with van der Waals surface area (Å²) >= 11 is 0. The Kier molecular flexibility index (Phi) is 48.9. The molecule has 0 radical (unpaired) electrons. The van der Waals surface area contributed by atoms with E-state index in [1.54, 1.807) is 70.6 Å². The van der Waals surface area contributed by atoms with Crippen molar-refractivity contribution in [2.75, 3.05) is 113 Å². The minimum atomic E-state index is -1.86. The van der Waals surface area contributed by atoms with Crippen LogP contribution in [0.2, 0.25) is 0 Å². The molecule has 35 heteroatoms. The summed E-state index contributed by atoms with van der Waals surface area (Å²) in [6, 6.07) is 36.0. The fraction of sp³-hybridized carbons (Fsp3) is 0.607. The van der Waals surface area contributed by atoms with Gasteiger partial charge in [-0.1, -0.05) is 166 Å². The standard InChI is InChI=1S/C63H84N8O15.C44H73N3O9/c1-4-69(3)40-49-38-45-14-10-28-65-59(45)71(49)32-25-54(74)70-30-23-47(24-31-70)64-29-34-83-36-35-82-33-26-53(73)68-51(37-43-11-6-5-7-12-43)52(72)39-46(60(78)67-48-19-15-42(2)16-20-48)13-8-9-27-66-63(81)84-41-44-17-21-50(22-18-44)85-62-57(77)55(75)56(76)58(86-62)61(79)80;1-14-29(7)40(45(10)43(52)33(27(3)4)25-36(49)39(28(5)6)46(11)44(53)56-15-2)37(54-12)26-38(50)47-23-19-22-34(47)42(55-13)31(9)35(48)24-30(8)41(51)32-20-17-16-18-21-32/h5-7,10-12,14-22,28,38,46-47,51,55-58,62,64,75-77H,4,8-9,13,23-27,29-37,39-41H2,1-3H3,(H,66,81)(H,67,78)(H,68,73)(H,79,80);16-18,20-21,27-31,33-34,37,39-42,51H,14-15,19,22-26H2,1-13H3/t46-,51+,55+,56+,57-,58+,62-;29-,30-,31-,33-,34-,37+,39-,40-,41+,42+/m10/s1. The van der Waals surface area contributed by atoms with Gasteiger partial charge in [0.1, 0.15) is 42.1 Å². The van der Waals surface area contributed by atoms with E-state index in [1.807, 2.05) is 151 Å². The van der Waals surface area contributed by atoms with Crippen molar-refractivity contribution in [1.82, 2.24) is 50.0 Å². The zero-order valence-electron chi connectivity index (χ0n) is 85.9. The minimum Gasteiger partial charge on any atom is -0.479 e. The first-order valence-electron chi connectivity index (χ1n) is 50.3. The lowest BCUT2D eigenvalue weighted by Crippen LogP contribution is -2.61. The van der Waals surface area contributed by atoms with Gasteiger partial charge in [-0.05, 0) is 155 Å². The van der Waals surface area contributed by atoms with Crippen molar-refractivity contribution in [3.63, 3.8) is 0 Å². The van der Waals surface area contributed by atoms with Gasteiger partial charge in [0, 0.05) is 153 Å². The Balaban J connectivity index is 0.000000382. The molecule has 0 spiro atoms. The van der Waals surface area contributed by atoms with Gasteiger partial charge >= 0.3 is 18.2 Å². The number of aliphatic carboxylic acids is 1. The number of methoxy groups -OCH3 is 2. The summed E-state index contributed by atoms with van der Waals surface area (Å²) in [7, 11) is 8.49. The molecular weight excluding hydrogens is 1820 g/mol. The fourth-order valence-electron chi connectivity index (χ4n) is 18.8. The molecule has 9 rings (SSSR count). The first-order valence-corrected chi connectivity index (χ1v) is 50.3. The number of aryl methyl sites for hydroxylation is 2. The van der Waals surface area contributed by atoms with Crippen molar-refractivity contribution >= 4 is 81.8 Å². The van der Waals surface area contributed by atoms with Gasteiger partial charge in [0.2, 0.25) is 35.8 Å². The number of fused-ring (bicyclic) bond motifs is 1. The van der Waals surface area contributed by atoms with E-state index in [4.69, 9.17) is 37.9 Å². The lowest BCUT2D eigenvalue weighted by atomic mass is 9.83. The highest BCUT2D eigenvalue weighted by atomic mass is 16.7. The van der Waals surface area contributed by atoms with Crippen LogP contribution in [-0.2, 0) is 102 Å². The molecule has 17 atom stereocenters. The highest BCUT2D eigenvalue weighted by Gasteiger charge is 2.49. The highest BCUT2D eigenvalue weighted by Crippen LogP contribution is 2.35. The number of pyridine rings is 1. The number of ketones is 3. The zero-order valence-corrected chi connectivity index (χ0v) is 85.9. The second kappa shape index (κ2) is 59.5. The van der Waals surface area contributed by atoms with Crippen molar-refractivity contribution in [3.8, 4) is 5.75 Å². The monoisotopic (exact) mass is 1980 g/mol. The van der Waals surface area contributed by atoms with Crippen LogP contribution in [0.5, 0.6) is 5.75 Å². The number of piperidine rings is 1. The predicted octanol–water partition coefficient (Wildman–Crippen LogP) is 11.1. The first-order chi connectivity index (χ1) is 67.9. The summed E-state index contributed by atoms with van der Waals surface area (Å²) in [5.74, 6) is -5.52. The van der Waals surface area contributed by atoms with Gasteiger partial charge in [-0.2, -0.15) is 0 Å². The summed E-state index contributed by atoms with van der Waals surface area (Å²) in [5, 5.41) is 63.7. The average Bonchev–Trinajstić information content (AvgIpc) is 1.75. The number of hydrogen-bond acceptors (Lipinski definition) is 26. The Morgan fingerprint density at radius 3 is 1.96 bits per heavy atom. The molecule has 4 aromatic carbocycles. The van der Waals surface area contributed by atoms with Crippen LogP contribution in [0.4, 0.5) is 15.3 Å². The van der Waals surface area contributed by atoms with Gasteiger partial charge in [-0.15, -0.1) is 0 Å². The third-order valence-corrected chi connectivity index (χ3v) is 27.4. The number of unbranched alkanes of at least 4 members (excludes halogenated alkanes) is 1. The summed E-state index contributed by atoms with van der Waals surface area (Å²) in [6.07, 6.45) is -4.50. The maximum atomic E-state index is 14.4. The topological polar surface area (TPSA) is 445 Å². The molecule has 0 unspecified atom stereocenters. The number of hydrogen-bond donors (Lipinski definition) is 9. The summed E-state index contributed by atoms with van der Waals surface area (Å²) in [5.41, 5.74) is 5.82. The number of Topliss-reactive ketones (excluding diaryl/α,β-unsaturated/α-hetero) is 3. The van der Waals surface area contributed by atoms with Gasteiger partial charge in [-0.25, -0.2) is 19.4 Å². The average molecular weight is 1980 g/mol. The van der Waals surface area contributed by atoms with Crippen molar-refractivity contribution in [2.24, 2.45) is 41.4 Å². The molecule has 9 N–H and O–H groups in total. The number of likely N-dealkylation sites (tertiary alicyclic amines) is 2. The Morgan fingerprint density at radius 1 is 0.648 bits per heavy atom. The van der Waals surface area contributed by atoms with E-state index in [0.717, 1.165) is 72.2 Å². The van der Waals surface area contributed by atoms with Crippen molar-refractivity contribution in [3.05, 3.63) is 162 Å². The number of aromatic nitrogens is 2. The van der Waals surface area contributed by atoms with Gasteiger partial charge in [0.25, 0.3) is 0 Å². The summed E-state index contributed by atoms with van der Waals surface area (Å²) < 4.78 is 46.9. The predicted molar refractivity (Wildman–Crippen MR) is 536 cm³/mol. The smallest absolute Gasteiger partial charge is 0.410 e. The van der Waals surface area contributed by atoms with Crippen LogP contribution >= 0.6 is 0 Å². The number of anilines is 1. The molecule has 3 aliphatic heterocycles. The highest BCUT2D eigenvalue weighted by molar-refractivity contribution is 5.98. The number of nitrogens with zero attached hydrogens (tertiary/aromatic N) is 7. The molecule has 7 amide bonds. The van der Waals surface area contributed by atoms with E-state index >= 15 is 0 Å². The Morgan fingerprint density at radius 2 is 1.32 bits per heavy atom. The van der Waals surface area contributed by atoms with Gasteiger partial charge in [0.15, 0.2) is 17.7 Å². The van der Waals surface area contributed by atoms with Gasteiger partial charge < -0.3 is 114 Å². The second-order valence-electron chi connectivity index (χ2n) is 38.5. The quantitative estimate of drug-likeness (QED) is 0.0160. The van der Waals surface area contributed by atoms with Gasteiger partial charge in [0.05, 0.1) is 81.9 Å². The van der Waals surface area contributed by atoms with Crippen molar-refractivity contribution < 1.29 is 116 Å². The number of rotatable bonds is 57. The number of carbonyl (C=O) groups is 11. The van der Waals surface area contributed by atoms with Crippen LogP contribution in [0, 0.1) is 48.3 Å². The van der Waals surface area contributed by atoms with Crippen LogP contribution in [0.3, 0.4) is 0 Å². The Bertz CT molecular complexity index is 4910. The third kappa shape index (κ3) is 35.4. The van der Waals surface area contributed by atoms with E-state index in [9.17, 15) is 78.3 Å². The van der Waals surface area contributed by atoms with Crippen LogP contribution in [0.25, 0.3) is 11.0 Å². The number of likely N-dealkylation sites (N-methyl/N-ethyl adjacent to an activating group) is 2. The molecule has 6 aromatic rings. The fourth-order valence-corrected chi connectivity index (χ4v) is 18.8. The number of benzene rings is 4. The van der Waals surface area contributed by atoms with Gasteiger partial charge in [-0.3, -0.25) is 38.4 Å². The molecule has 784 valence electrons. The molecular formula is C107H157N11O24. The molecule has 3 saturated heterocycles. The Hall–Kier alpha value is -10.7. The number of nitrogens with one attached hydrogen (secondary N) is 4. The number of amides is 7. The maximum absolute atomic E-state index is 14.4. The summed E-state index contributed by atoms with van der Waals surface area (Å²) in [6.45, 7) is 27.5. The third-order valence-electron chi connectivity index (χ3n) is 27.4. The lowest BCUT2D eigenvalue weighted by Gasteiger charge is -2.41. The number of carbonyl (C=O) groups excluding carboxylic acids is 10. The molecule has 35 nitrogen and oxygen atoms in total. The van der Waals surface area contributed by atoms with Crippen LogP contribution in [-0.4, -0.2) is 305 Å². The SMILES string of the molecule is CCN(C)Cc1cc2cccnc2n1CCC(=O)N1CCC(NCCOCCOCCC(=O)N[C@@H](Cc2ccccc2)C(=O)C[C@@H](CCCCNC(=O)OCc2ccc(O[C@@H]3O[C@H](C(=O)O)[C@@H](O)[C@H](O)[C@H]3O)cc2)C(=O)Nc2ccc(C)cc2)CC1.CCOC(=O)N(C)[C@H](C(=O)C[C@H](C(=O)N(C)[C@@H]([C@@H](C)CC)[C@@H](CC(=O)N1CCC[C@H]1[C@H](OC)[C@@H](C)C(=O)C[C@H](C)[C@@H](O)c1ccccc1)OC)C(C)C)C(C)C. The number of aliphatic hydroxyl groups is 4. The van der Waals surface area contributed by atoms with Crippen LogP contribution in [0.15, 0.2) is 134 Å². The van der Waals surface area contributed by atoms with E-state index in [-0.39, 0.29) is 160 Å². The lowest BCUT2D eigenvalue weighted by molar-refractivity contribution is -0.271. The van der Waals surface area contributed by atoms with Crippen molar-refractivity contribution in [1.29, 1.82) is 0 Å². The summed E-state index contributed by atoms with van der Waals surface area (Å²) in [4.78, 5) is 161. The zero-order chi connectivity index (χ0) is 104. The molecule has 0 bridgehead atoms. The Labute approximate surface area is 836 Å². The largest absolute Gasteiger partial charge is 0.479 e. The van der Waals surface area contributed by atoms with E-state index in [2.05, 4.69) is 61.8 Å². The molecule has 5 heterocycles. The second-order valence-corrected chi connectivity index (χ2v) is 38.5. The number of carboxylic acids is 1. The maximum Gasteiger partial charge on any atom is 0.410 e.